The van der Waals surface area contributed by atoms with Crippen LogP contribution in [0, 0.1) is 17.3 Å². The van der Waals surface area contributed by atoms with Gasteiger partial charge in [-0.15, -0.1) is 0 Å². The second-order valence-electron chi connectivity index (χ2n) is 6.18. The van der Waals surface area contributed by atoms with Crippen molar-refractivity contribution in [3.63, 3.8) is 0 Å². The van der Waals surface area contributed by atoms with Crippen molar-refractivity contribution in [2.24, 2.45) is 23.0 Å². The Bertz CT molecular complexity index is 424. The molecular formula is C16H24N2. The summed E-state index contributed by atoms with van der Waals surface area (Å²) in [6.07, 6.45) is 10.2. The van der Waals surface area contributed by atoms with Gasteiger partial charge in [-0.1, -0.05) is 19.9 Å². The molecular weight excluding hydrogens is 220 g/mol. The summed E-state index contributed by atoms with van der Waals surface area (Å²) in [5.41, 5.74) is 8.44. The van der Waals surface area contributed by atoms with Crippen molar-refractivity contribution < 1.29 is 0 Å². The van der Waals surface area contributed by atoms with Gasteiger partial charge in [0, 0.05) is 12.4 Å². The molecule has 0 aliphatic heterocycles. The van der Waals surface area contributed by atoms with Gasteiger partial charge < -0.3 is 5.73 Å². The van der Waals surface area contributed by atoms with E-state index in [0.29, 0.717) is 11.3 Å². The highest BCUT2D eigenvalue weighted by Crippen LogP contribution is 2.67. The normalized spacial score (nSPS) is 37.1. The van der Waals surface area contributed by atoms with Crippen LogP contribution in [0.1, 0.15) is 51.5 Å². The summed E-state index contributed by atoms with van der Waals surface area (Å²) in [6.45, 7) is 4.64. The highest BCUT2D eigenvalue weighted by molar-refractivity contribution is 5.31. The number of fused-ring (bicyclic) bond motifs is 2. The molecule has 1 aromatic rings. The van der Waals surface area contributed by atoms with Gasteiger partial charge in [0.25, 0.3) is 0 Å². The van der Waals surface area contributed by atoms with Crippen molar-refractivity contribution in [1.82, 2.24) is 4.98 Å². The maximum Gasteiger partial charge on any atom is 0.0513 e. The van der Waals surface area contributed by atoms with Crippen molar-refractivity contribution in [3.05, 3.63) is 30.1 Å². The SMILES string of the molecule is CCC1(CC)[C@H]2CC[C@H](C2)[C@]1(N)c1cccnc1. The standard InChI is InChI=1S/C16H24N2/c1-3-15(4-2)12-7-8-13(10-12)16(15,17)14-6-5-9-18-11-14/h5-6,9,11-13H,3-4,7-8,10,17H2,1-2H3/t12-,13+,16-/m0/s1. The van der Waals surface area contributed by atoms with Gasteiger partial charge in [0.05, 0.1) is 5.54 Å². The molecule has 2 fully saturated rings. The lowest BCUT2D eigenvalue weighted by Gasteiger charge is -2.51. The van der Waals surface area contributed by atoms with Gasteiger partial charge in [-0.25, -0.2) is 0 Å². The third-order valence-electron chi connectivity index (χ3n) is 6.08. The van der Waals surface area contributed by atoms with Gasteiger partial charge in [-0.3, -0.25) is 4.98 Å². The van der Waals surface area contributed by atoms with E-state index >= 15 is 0 Å². The quantitative estimate of drug-likeness (QED) is 0.884. The topological polar surface area (TPSA) is 38.9 Å². The van der Waals surface area contributed by atoms with E-state index in [2.05, 4.69) is 24.9 Å². The van der Waals surface area contributed by atoms with Crippen molar-refractivity contribution in [2.45, 2.75) is 51.5 Å². The first-order chi connectivity index (χ1) is 8.69. The first-order valence-corrected chi connectivity index (χ1v) is 7.38. The highest BCUT2D eigenvalue weighted by Gasteiger charge is 2.64. The van der Waals surface area contributed by atoms with Crippen LogP contribution in [0.25, 0.3) is 0 Å². The number of nitrogens with two attached hydrogens (primary N) is 1. The molecule has 0 unspecified atom stereocenters. The van der Waals surface area contributed by atoms with Crippen molar-refractivity contribution >= 4 is 0 Å². The molecule has 0 saturated heterocycles. The van der Waals surface area contributed by atoms with Crippen LogP contribution in [0.2, 0.25) is 0 Å². The van der Waals surface area contributed by atoms with Crippen LogP contribution in [0.5, 0.6) is 0 Å². The lowest BCUT2D eigenvalue weighted by Crippen LogP contribution is -2.56. The molecule has 0 aromatic carbocycles. The molecule has 0 spiro atoms. The predicted molar refractivity (Wildman–Crippen MR) is 73.9 cm³/mol. The zero-order valence-electron chi connectivity index (χ0n) is 11.5. The number of rotatable bonds is 3. The number of hydrogen-bond acceptors (Lipinski definition) is 2. The molecule has 1 aromatic heterocycles. The largest absolute Gasteiger partial charge is 0.321 e. The molecule has 0 radical (unpaired) electrons. The fourth-order valence-corrected chi connectivity index (χ4v) is 5.18. The summed E-state index contributed by atoms with van der Waals surface area (Å²) in [5, 5.41) is 0. The first kappa shape index (κ1) is 12.2. The minimum absolute atomic E-state index is 0.145. The van der Waals surface area contributed by atoms with Crippen molar-refractivity contribution in [1.29, 1.82) is 0 Å². The first-order valence-electron chi connectivity index (χ1n) is 7.38. The van der Waals surface area contributed by atoms with Crippen molar-refractivity contribution in [3.8, 4) is 0 Å². The fraction of sp³-hybridized carbons (Fsp3) is 0.688. The highest BCUT2D eigenvalue weighted by atomic mass is 14.9. The van der Waals surface area contributed by atoms with E-state index in [1.54, 1.807) is 0 Å². The molecule has 2 N–H and O–H groups in total. The number of aromatic nitrogens is 1. The predicted octanol–water partition coefficient (Wildman–Crippen LogP) is 3.47. The molecule has 98 valence electrons. The molecule has 2 aliphatic carbocycles. The van der Waals surface area contributed by atoms with Crippen LogP contribution in [0.15, 0.2) is 24.5 Å². The zero-order valence-corrected chi connectivity index (χ0v) is 11.5. The molecule has 3 atom stereocenters. The smallest absolute Gasteiger partial charge is 0.0513 e. The maximum atomic E-state index is 7.03. The Morgan fingerprint density at radius 3 is 2.61 bits per heavy atom. The van der Waals surface area contributed by atoms with E-state index in [-0.39, 0.29) is 5.54 Å². The summed E-state index contributed by atoms with van der Waals surface area (Å²) < 4.78 is 0. The van der Waals surface area contributed by atoms with Crippen LogP contribution in [-0.4, -0.2) is 4.98 Å². The Morgan fingerprint density at radius 2 is 2.00 bits per heavy atom. The summed E-state index contributed by atoms with van der Waals surface area (Å²) >= 11 is 0. The lowest BCUT2D eigenvalue weighted by atomic mass is 9.56. The third kappa shape index (κ3) is 1.25. The average Bonchev–Trinajstić information content (AvgIpc) is 2.99. The fourth-order valence-electron chi connectivity index (χ4n) is 5.18. The summed E-state index contributed by atoms with van der Waals surface area (Å²) in [6, 6.07) is 4.22. The molecule has 1 heterocycles. The van der Waals surface area contributed by atoms with Crippen LogP contribution < -0.4 is 5.73 Å². The van der Waals surface area contributed by atoms with Crippen molar-refractivity contribution in [2.75, 3.05) is 0 Å². The van der Waals surface area contributed by atoms with E-state index in [9.17, 15) is 0 Å². The Kier molecular flexibility index (Phi) is 2.74. The van der Waals surface area contributed by atoms with Gasteiger partial charge >= 0.3 is 0 Å². The summed E-state index contributed by atoms with van der Waals surface area (Å²) in [4.78, 5) is 4.31. The Balaban J connectivity index is 2.13. The van der Waals surface area contributed by atoms with Crippen LogP contribution in [-0.2, 0) is 5.54 Å². The van der Waals surface area contributed by atoms with Crippen LogP contribution >= 0.6 is 0 Å². The van der Waals surface area contributed by atoms with Crippen LogP contribution in [0.3, 0.4) is 0 Å². The molecule has 3 rings (SSSR count). The van der Waals surface area contributed by atoms with E-state index in [0.717, 1.165) is 5.92 Å². The zero-order chi connectivity index (χ0) is 12.8. The molecule has 2 bridgehead atoms. The monoisotopic (exact) mass is 244 g/mol. The average molecular weight is 244 g/mol. The summed E-state index contributed by atoms with van der Waals surface area (Å²) in [5.74, 6) is 1.48. The Labute approximate surface area is 110 Å². The number of nitrogens with zero attached hydrogens (tertiary/aromatic N) is 1. The van der Waals surface area contributed by atoms with Gasteiger partial charge in [-0.05, 0) is 61.0 Å². The van der Waals surface area contributed by atoms with Gasteiger partial charge in [-0.2, -0.15) is 0 Å². The van der Waals surface area contributed by atoms with E-state index in [1.807, 2.05) is 18.5 Å². The van der Waals surface area contributed by atoms with Gasteiger partial charge in [0.15, 0.2) is 0 Å². The van der Waals surface area contributed by atoms with Gasteiger partial charge in [0.1, 0.15) is 0 Å². The third-order valence-corrected chi connectivity index (χ3v) is 6.08. The number of pyridine rings is 1. The van der Waals surface area contributed by atoms with Crippen LogP contribution in [0.4, 0.5) is 0 Å². The number of hydrogen-bond donors (Lipinski definition) is 1. The molecule has 18 heavy (non-hydrogen) atoms. The second kappa shape index (κ2) is 4.06. The summed E-state index contributed by atoms with van der Waals surface area (Å²) in [7, 11) is 0. The Morgan fingerprint density at radius 1 is 1.28 bits per heavy atom. The molecule has 2 aliphatic rings. The van der Waals surface area contributed by atoms with E-state index in [4.69, 9.17) is 5.73 Å². The molecule has 2 nitrogen and oxygen atoms in total. The maximum absolute atomic E-state index is 7.03. The molecule has 0 amide bonds. The second-order valence-corrected chi connectivity index (χ2v) is 6.18. The molecule has 2 heteroatoms. The minimum Gasteiger partial charge on any atom is -0.321 e. The molecule has 2 saturated carbocycles. The Hall–Kier alpha value is -0.890. The minimum atomic E-state index is -0.145. The van der Waals surface area contributed by atoms with E-state index in [1.165, 1.54) is 37.7 Å². The lowest BCUT2D eigenvalue weighted by molar-refractivity contribution is 0.0352. The van der Waals surface area contributed by atoms with E-state index < -0.39 is 0 Å². The van der Waals surface area contributed by atoms with Gasteiger partial charge in [0.2, 0.25) is 0 Å².